The highest BCUT2D eigenvalue weighted by molar-refractivity contribution is 6.04. The number of piperazine rings is 1. The third kappa shape index (κ3) is 2.27. The van der Waals surface area contributed by atoms with E-state index in [1.165, 1.54) is 0 Å². The van der Waals surface area contributed by atoms with Crippen LogP contribution in [0, 0.1) is 0 Å². The molecule has 1 aromatic rings. The Hall–Kier alpha value is -2.11. The van der Waals surface area contributed by atoms with Crippen molar-refractivity contribution < 1.29 is 9.59 Å². The van der Waals surface area contributed by atoms with E-state index < -0.39 is 0 Å². The van der Waals surface area contributed by atoms with E-state index in [-0.39, 0.29) is 24.4 Å². The average molecular weight is 248 g/mol. The van der Waals surface area contributed by atoms with Gasteiger partial charge in [0.15, 0.2) is 0 Å². The Labute approximate surface area is 105 Å². The van der Waals surface area contributed by atoms with E-state index in [1.54, 1.807) is 19.3 Å². The summed E-state index contributed by atoms with van der Waals surface area (Å²) >= 11 is 0. The maximum absolute atomic E-state index is 11.8. The van der Waals surface area contributed by atoms with E-state index in [9.17, 15) is 9.59 Å². The van der Waals surface area contributed by atoms with Crippen LogP contribution in [0.4, 0.5) is 11.5 Å². The first-order chi connectivity index (χ1) is 8.65. The summed E-state index contributed by atoms with van der Waals surface area (Å²) in [5.41, 5.74) is 0.824. The summed E-state index contributed by atoms with van der Waals surface area (Å²) in [6, 6.07) is 3.32. The van der Waals surface area contributed by atoms with E-state index in [1.807, 2.05) is 17.9 Å². The van der Waals surface area contributed by atoms with Crippen LogP contribution in [0.2, 0.25) is 0 Å². The maximum Gasteiger partial charge on any atom is 0.249 e. The number of hydrogen-bond donors (Lipinski definition) is 2. The Morgan fingerprint density at radius 1 is 1.56 bits per heavy atom. The molecule has 96 valence electrons. The topological polar surface area (TPSA) is 74.3 Å². The normalized spacial score (nSPS) is 19.7. The number of anilines is 2. The molecule has 2 rings (SSSR count). The summed E-state index contributed by atoms with van der Waals surface area (Å²) < 4.78 is 0. The quantitative estimate of drug-likeness (QED) is 0.756. The summed E-state index contributed by atoms with van der Waals surface area (Å²) in [5.74, 6) is 0.199. The van der Waals surface area contributed by atoms with Crippen molar-refractivity contribution in [2.75, 3.05) is 23.8 Å². The number of nitrogens with one attached hydrogen (secondary N) is 2. The summed E-state index contributed by atoms with van der Waals surface area (Å²) in [6.45, 7) is 2.12. The van der Waals surface area contributed by atoms with Gasteiger partial charge in [0.25, 0.3) is 0 Å². The van der Waals surface area contributed by atoms with Crippen LogP contribution >= 0.6 is 0 Å². The molecule has 1 fully saturated rings. The van der Waals surface area contributed by atoms with Crippen molar-refractivity contribution in [1.29, 1.82) is 0 Å². The van der Waals surface area contributed by atoms with Crippen molar-refractivity contribution in [2.24, 2.45) is 0 Å². The van der Waals surface area contributed by atoms with Gasteiger partial charge in [0.1, 0.15) is 11.9 Å². The first-order valence-corrected chi connectivity index (χ1v) is 5.90. The van der Waals surface area contributed by atoms with Gasteiger partial charge >= 0.3 is 0 Å². The van der Waals surface area contributed by atoms with Crippen molar-refractivity contribution >= 4 is 23.3 Å². The molecule has 6 nitrogen and oxygen atoms in total. The molecule has 1 atom stereocenters. The van der Waals surface area contributed by atoms with Crippen LogP contribution in [-0.2, 0) is 9.59 Å². The number of rotatable bonds is 3. The summed E-state index contributed by atoms with van der Waals surface area (Å²) in [5, 5.41) is 5.30. The molecular weight excluding hydrogens is 232 g/mol. The molecule has 18 heavy (non-hydrogen) atoms. The van der Waals surface area contributed by atoms with Crippen molar-refractivity contribution in [3.05, 3.63) is 18.3 Å². The highest BCUT2D eigenvalue weighted by Crippen LogP contribution is 2.22. The Bertz CT molecular complexity index is 475. The second kappa shape index (κ2) is 5.03. The standard InChI is InChI=1S/C12H16N4O2/c1-3-9-12(18)15-11(17)7-16(9)8-4-5-14-10(6-8)13-2/h4-6,9H,3,7H2,1-2H3,(H,13,14)(H,15,17,18). The third-order valence-corrected chi connectivity index (χ3v) is 2.97. The molecule has 0 aliphatic carbocycles. The minimum Gasteiger partial charge on any atom is -0.373 e. The molecule has 6 heteroatoms. The van der Waals surface area contributed by atoms with Crippen molar-refractivity contribution in [2.45, 2.75) is 19.4 Å². The van der Waals surface area contributed by atoms with E-state index >= 15 is 0 Å². The first-order valence-electron chi connectivity index (χ1n) is 5.90. The van der Waals surface area contributed by atoms with E-state index in [0.717, 1.165) is 5.69 Å². The largest absolute Gasteiger partial charge is 0.373 e. The van der Waals surface area contributed by atoms with Crippen LogP contribution in [0.5, 0.6) is 0 Å². The Morgan fingerprint density at radius 2 is 2.33 bits per heavy atom. The van der Waals surface area contributed by atoms with Gasteiger partial charge in [0.05, 0.1) is 6.54 Å². The Morgan fingerprint density at radius 3 is 3.00 bits per heavy atom. The number of carbonyl (C=O) groups is 2. The fourth-order valence-electron chi connectivity index (χ4n) is 2.08. The van der Waals surface area contributed by atoms with Crippen LogP contribution < -0.4 is 15.5 Å². The lowest BCUT2D eigenvalue weighted by atomic mass is 10.1. The lowest BCUT2D eigenvalue weighted by Crippen LogP contribution is -2.58. The van der Waals surface area contributed by atoms with Gasteiger partial charge in [0.2, 0.25) is 11.8 Å². The molecule has 2 heterocycles. The van der Waals surface area contributed by atoms with Gasteiger partial charge in [-0.3, -0.25) is 14.9 Å². The average Bonchev–Trinajstić information content (AvgIpc) is 2.38. The second-order valence-corrected chi connectivity index (χ2v) is 4.11. The minimum atomic E-state index is -0.310. The molecule has 1 aromatic heterocycles. The van der Waals surface area contributed by atoms with Gasteiger partial charge in [-0.1, -0.05) is 6.92 Å². The lowest BCUT2D eigenvalue weighted by molar-refractivity contribution is -0.132. The Kier molecular flexibility index (Phi) is 3.45. The number of carbonyl (C=O) groups excluding carboxylic acids is 2. The molecule has 1 unspecified atom stereocenters. The number of aromatic nitrogens is 1. The third-order valence-electron chi connectivity index (χ3n) is 2.97. The van der Waals surface area contributed by atoms with Gasteiger partial charge in [-0.2, -0.15) is 0 Å². The fourth-order valence-corrected chi connectivity index (χ4v) is 2.08. The van der Waals surface area contributed by atoms with Gasteiger partial charge in [-0.05, 0) is 12.5 Å². The predicted molar refractivity (Wildman–Crippen MR) is 68.4 cm³/mol. The summed E-state index contributed by atoms with van der Waals surface area (Å²) in [4.78, 5) is 29.2. The van der Waals surface area contributed by atoms with Gasteiger partial charge in [-0.15, -0.1) is 0 Å². The van der Waals surface area contributed by atoms with Crippen molar-refractivity contribution in [3.8, 4) is 0 Å². The number of nitrogens with zero attached hydrogens (tertiary/aromatic N) is 2. The van der Waals surface area contributed by atoms with E-state index in [2.05, 4.69) is 15.6 Å². The molecule has 2 N–H and O–H groups in total. The molecule has 0 saturated carbocycles. The first kappa shape index (κ1) is 12.3. The zero-order valence-corrected chi connectivity index (χ0v) is 10.4. The SMILES string of the molecule is CCC1C(=O)NC(=O)CN1c1ccnc(NC)c1. The molecule has 2 amide bonds. The van der Waals surface area contributed by atoms with E-state index in [0.29, 0.717) is 12.2 Å². The number of pyridine rings is 1. The maximum atomic E-state index is 11.8. The highest BCUT2D eigenvalue weighted by Gasteiger charge is 2.32. The fraction of sp³-hybridized carbons (Fsp3) is 0.417. The molecule has 0 radical (unpaired) electrons. The summed E-state index contributed by atoms with van der Waals surface area (Å²) in [6.07, 6.45) is 2.31. The highest BCUT2D eigenvalue weighted by atomic mass is 16.2. The minimum absolute atomic E-state index is 0.192. The molecule has 1 aliphatic rings. The van der Waals surface area contributed by atoms with Crippen molar-refractivity contribution in [3.63, 3.8) is 0 Å². The number of amides is 2. The van der Waals surface area contributed by atoms with Crippen LogP contribution in [0.15, 0.2) is 18.3 Å². The zero-order chi connectivity index (χ0) is 13.1. The molecule has 0 bridgehead atoms. The molecule has 0 spiro atoms. The van der Waals surface area contributed by atoms with E-state index in [4.69, 9.17) is 0 Å². The van der Waals surface area contributed by atoms with Gasteiger partial charge in [0, 0.05) is 25.0 Å². The van der Waals surface area contributed by atoms with Crippen LogP contribution in [0.3, 0.4) is 0 Å². The van der Waals surface area contributed by atoms with Crippen molar-refractivity contribution in [1.82, 2.24) is 10.3 Å². The smallest absolute Gasteiger partial charge is 0.249 e. The molecular formula is C12H16N4O2. The lowest BCUT2D eigenvalue weighted by Gasteiger charge is -2.35. The molecule has 1 saturated heterocycles. The Balaban J connectivity index is 2.33. The van der Waals surface area contributed by atoms with Gasteiger partial charge < -0.3 is 10.2 Å². The molecule has 0 aromatic carbocycles. The molecule has 1 aliphatic heterocycles. The predicted octanol–water partition coefficient (Wildman–Crippen LogP) is 0.365. The van der Waals surface area contributed by atoms with Crippen LogP contribution in [0.1, 0.15) is 13.3 Å². The van der Waals surface area contributed by atoms with Crippen LogP contribution in [0.25, 0.3) is 0 Å². The second-order valence-electron chi connectivity index (χ2n) is 4.11. The van der Waals surface area contributed by atoms with Crippen LogP contribution in [-0.4, -0.2) is 36.4 Å². The van der Waals surface area contributed by atoms with Gasteiger partial charge in [-0.25, -0.2) is 4.98 Å². The summed E-state index contributed by atoms with van der Waals surface area (Å²) in [7, 11) is 1.78. The number of hydrogen-bond acceptors (Lipinski definition) is 5. The number of imide groups is 1. The zero-order valence-electron chi connectivity index (χ0n) is 10.4. The monoisotopic (exact) mass is 248 g/mol.